The second-order valence-corrected chi connectivity index (χ2v) is 9.07. The summed E-state index contributed by atoms with van der Waals surface area (Å²) in [5.74, 6) is -0.463. The molecular weight excluding hydrogens is 417 g/mol. The highest BCUT2D eigenvalue weighted by Crippen LogP contribution is 2.21. The van der Waals surface area contributed by atoms with E-state index >= 15 is 0 Å². The Kier molecular flexibility index (Phi) is 7.46. The minimum atomic E-state index is -3.47. The molecule has 1 aliphatic rings. The molecule has 0 bridgehead atoms. The molecule has 0 unspecified atom stereocenters. The van der Waals surface area contributed by atoms with Crippen molar-refractivity contribution in [2.45, 2.75) is 44.6 Å². The number of piperidine rings is 1. The van der Waals surface area contributed by atoms with E-state index in [4.69, 9.17) is 0 Å². The Labute approximate surface area is 182 Å². The first-order valence-corrected chi connectivity index (χ1v) is 12.0. The van der Waals surface area contributed by atoms with Gasteiger partial charge in [0.25, 0.3) is 0 Å². The lowest BCUT2D eigenvalue weighted by Crippen LogP contribution is -2.35. The van der Waals surface area contributed by atoms with Crippen LogP contribution in [0, 0.1) is 5.82 Å². The summed E-state index contributed by atoms with van der Waals surface area (Å²) in [6.07, 6.45) is 4.36. The average molecular weight is 446 g/mol. The Bertz CT molecular complexity index is 1130. The van der Waals surface area contributed by atoms with Crippen LogP contribution in [0.1, 0.15) is 38.7 Å². The fourth-order valence-electron chi connectivity index (χ4n) is 3.62. The van der Waals surface area contributed by atoms with Crippen molar-refractivity contribution >= 4 is 27.0 Å². The SMILES string of the molecule is CC.O=C(NCc1ccc(S(=O)(=O)N2CCCCC2)cc1)n1ccc2cccc(F)c21. The Morgan fingerprint density at radius 1 is 1.00 bits per heavy atom. The van der Waals surface area contributed by atoms with Crippen molar-refractivity contribution in [3.63, 3.8) is 0 Å². The molecule has 1 amide bonds. The highest BCUT2D eigenvalue weighted by molar-refractivity contribution is 7.89. The predicted molar refractivity (Wildman–Crippen MR) is 120 cm³/mol. The van der Waals surface area contributed by atoms with Gasteiger partial charge in [-0.15, -0.1) is 0 Å². The molecule has 8 heteroatoms. The van der Waals surface area contributed by atoms with Crippen molar-refractivity contribution in [3.05, 3.63) is 66.1 Å². The van der Waals surface area contributed by atoms with Gasteiger partial charge in [-0.1, -0.05) is 44.5 Å². The van der Waals surface area contributed by atoms with Crippen LogP contribution in [0.3, 0.4) is 0 Å². The molecule has 1 aromatic heterocycles. The van der Waals surface area contributed by atoms with E-state index in [1.807, 2.05) is 13.8 Å². The van der Waals surface area contributed by atoms with Gasteiger partial charge in [0.15, 0.2) is 0 Å². The van der Waals surface area contributed by atoms with E-state index < -0.39 is 21.9 Å². The van der Waals surface area contributed by atoms with Crippen molar-refractivity contribution in [1.82, 2.24) is 14.2 Å². The highest BCUT2D eigenvalue weighted by atomic mass is 32.2. The molecule has 166 valence electrons. The number of nitrogens with zero attached hydrogens (tertiary/aromatic N) is 2. The molecule has 0 saturated carbocycles. The van der Waals surface area contributed by atoms with Gasteiger partial charge in [-0.25, -0.2) is 17.6 Å². The average Bonchev–Trinajstić information content (AvgIpc) is 3.25. The molecule has 2 heterocycles. The summed E-state index contributed by atoms with van der Waals surface area (Å²) < 4.78 is 42.2. The predicted octanol–water partition coefficient (Wildman–Crippen LogP) is 4.74. The maximum absolute atomic E-state index is 14.1. The van der Waals surface area contributed by atoms with Gasteiger partial charge < -0.3 is 5.32 Å². The number of fused-ring (bicyclic) bond motifs is 1. The lowest BCUT2D eigenvalue weighted by atomic mass is 10.2. The quantitative estimate of drug-likeness (QED) is 0.631. The smallest absolute Gasteiger partial charge is 0.326 e. The van der Waals surface area contributed by atoms with Gasteiger partial charge in [0, 0.05) is 31.2 Å². The minimum Gasteiger partial charge on any atom is -0.333 e. The largest absolute Gasteiger partial charge is 0.333 e. The Hall–Kier alpha value is -2.71. The number of amides is 1. The molecule has 0 atom stereocenters. The second-order valence-electron chi connectivity index (χ2n) is 7.13. The number of halogens is 1. The van der Waals surface area contributed by atoms with Crippen LogP contribution < -0.4 is 5.32 Å². The minimum absolute atomic E-state index is 0.205. The van der Waals surface area contributed by atoms with Crippen molar-refractivity contribution in [1.29, 1.82) is 0 Å². The number of carbonyl (C=O) groups is 1. The second kappa shape index (κ2) is 10.1. The maximum Gasteiger partial charge on any atom is 0.326 e. The first-order chi connectivity index (χ1) is 15.0. The number of rotatable bonds is 4. The van der Waals surface area contributed by atoms with E-state index in [9.17, 15) is 17.6 Å². The molecular formula is C23H28FN3O3S. The number of para-hydroxylation sites is 1. The Morgan fingerprint density at radius 3 is 2.35 bits per heavy atom. The molecule has 1 N–H and O–H groups in total. The van der Waals surface area contributed by atoms with Gasteiger partial charge in [0.05, 0.1) is 10.4 Å². The van der Waals surface area contributed by atoms with Crippen molar-refractivity contribution in [2.75, 3.05) is 13.1 Å². The number of hydrogen-bond donors (Lipinski definition) is 1. The molecule has 1 aliphatic heterocycles. The number of sulfonamides is 1. The number of aromatic nitrogens is 1. The van der Waals surface area contributed by atoms with Crippen molar-refractivity contribution in [3.8, 4) is 0 Å². The van der Waals surface area contributed by atoms with Crippen LogP contribution in [0.5, 0.6) is 0 Å². The van der Waals surface area contributed by atoms with Crippen molar-refractivity contribution < 1.29 is 17.6 Å². The normalized spacial score (nSPS) is 14.7. The molecule has 6 nitrogen and oxygen atoms in total. The van der Waals surface area contributed by atoms with Crippen LogP contribution in [0.15, 0.2) is 59.6 Å². The molecule has 0 radical (unpaired) electrons. The first-order valence-electron chi connectivity index (χ1n) is 10.6. The monoisotopic (exact) mass is 445 g/mol. The van der Waals surface area contributed by atoms with Gasteiger partial charge in [0.2, 0.25) is 10.0 Å². The molecule has 4 rings (SSSR count). The van der Waals surface area contributed by atoms with E-state index in [2.05, 4.69) is 5.32 Å². The van der Waals surface area contributed by atoms with E-state index in [1.54, 1.807) is 42.5 Å². The van der Waals surface area contributed by atoms with E-state index in [-0.39, 0.29) is 17.0 Å². The van der Waals surface area contributed by atoms with Gasteiger partial charge in [-0.05, 0) is 42.7 Å². The molecule has 1 fully saturated rings. The van der Waals surface area contributed by atoms with Crippen LogP contribution in [0.4, 0.5) is 9.18 Å². The molecule has 0 spiro atoms. The molecule has 3 aromatic rings. The zero-order chi connectivity index (χ0) is 22.4. The van der Waals surface area contributed by atoms with E-state index in [1.165, 1.54) is 21.1 Å². The molecule has 1 saturated heterocycles. The lowest BCUT2D eigenvalue weighted by molar-refractivity contribution is 0.242. The Balaban J connectivity index is 0.00000132. The molecule has 31 heavy (non-hydrogen) atoms. The van der Waals surface area contributed by atoms with Gasteiger partial charge in [-0.3, -0.25) is 4.57 Å². The van der Waals surface area contributed by atoms with Crippen LogP contribution in [-0.4, -0.2) is 36.4 Å². The number of benzene rings is 2. The topological polar surface area (TPSA) is 71.4 Å². The van der Waals surface area contributed by atoms with Crippen LogP contribution >= 0.6 is 0 Å². The zero-order valence-corrected chi connectivity index (χ0v) is 18.7. The summed E-state index contributed by atoms with van der Waals surface area (Å²) in [6, 6.07) is 12.4. The fourth-order valence-corrected chi connectivity index (χ4v) is 5.13. The molecule has 2 aromatic carbocycles. The number of hydrogen-bond acceptors (Lipinski definition) is 3. The summed E-state index contributed by atoms with van der Waals surface area (Å²) in [5, 5.41) is 3.39. The summed E-state index contributed by atoms with van der Waals surface area (Å²) in [6.45, 7) is 5.32. The lowest BCUT2D eigenvalue weighted by Gasteiger charge is -2.25. The molecule has 0 aliphatic carbocycles. The standard InChI is InChI=1S/C21H22FN3O3S.C2H6/c22-19-6-4-5-17-11-14-25(20(17)19)21(26)23-15-16-7-9-18(10-8-16)29(27,28)24-12-2-1-3-13-24;1-2/h4-11,14H,1-3,12-13,15H2,(H,23,26);1-2H3. The third kappa shape index (κ3) is 4.97. The van der Waals surface area contributed by atoms with E-state index in [0.29, 0.717) is 18.5 Å². The van der Waals surface area contributed by atoms with Gasteiger partial charge in [-0.2, -0.15) is 4.31 Å². The fraction of sp³-hybridized carbons (Fsp3) is 0.348. The van der Waals surface area contributed by atoms with Crippen LogP contribution in [0.2, 0.25) is 0 Å². The zero-order valence-electron chi connectivity index (χ0n) is 17.8. The maximum atomic E-state index is 14.1. The summed E-state index contributed by atoms with van der Waals surface area (Å²) in [7, 11) is -3.47. The summed E-state index contributed by atoms with van der Waals surface area (Å²) in [4.78, 5) is 12.7. The first kappa shape index (κ1) is 23.0. The summed E-state index contributed by atoms with van der Waals surface area (Å²) >= 11 is 0. The van der Waals surface area contributed by atoms with Gasteiger partial charge in [0.1, 0.15) is 5.82 Å². The number of nitrogens with one attached hydrogen (secondary N) is 1. The van der Waals surface area contributed by atoms with E-state index in [0.717, 1.165) is 24.8 Å². The summed E-state index contributed by atoms with van der Waals surface area (Å²) in [5.41, 5.74) is 0.987. The van der Waals surface area contributed by atoms with Gasteiger partial charge >= 0.3 is 6.03 Å². The highest BCUT2D eigenvalue weighted by Gasteiger charge is 2.25. The Morgan fingerprint density at radius 2 is 1.68 bits per heavy atom. The third-order valence-corrected chi connectivity index (χ3v) is 7.11. The van der Waals surface area contributed by atoms with Crippen molar-refractivity contribution in [2.24, 2.45) is 0 Å². The number of carbonyl (C=O) groups excluding carboxylic acids is 1. The van der Waals surface area contributed by atoms with Crippen LogP contribution in [0.25, 0.3) is 10.9 Å². The van der Waals surface area contributed by atoms with Crippen LogP contribution in [-0.2, 0) is 16.6 Å². The third-order valence-electron chi connectivity index (χ3n) is 5.20.